The first-order valence-corrected chi connectivity index (χ1v) is 8.65. The van der Waals surface area contributed by atoms with Crippen LogP contribution in [-0.4, -0.2) is 37.2 Å². The molecule has 0 aliphatic heterocycles. The molecule has 1 fully saturated rings. The van der Waals surface area contributed by atoms with E-state index in [0.29, 0.717) is 0 Å². The molecule has 0 spiro atoms. The minimum atomic E-state index is -3.58. The van der Waals surface area contributed by atoms with Gasteiger partial charge in [0.25, 0.3) is 0 Å². The van der Waals surface area contributed by atoms with Crippen LogP contribution in [0.15, 0.2) is 0 Å². The van der Waals surface area contributed by atoms with Gasteiger partial charge in [0.05, 0.1) is 6.26 Å². The Hall–Kier alpha value is -0.780. The summed E-state index contributed by atoms with van der Waals surface area (Å²) >= 11 is 0. The molecule has 0 aromatic heterocycles. The van der Waals surface area contributed by atoms with Gasteiger partial charge in [-0.3, -0.25) is 0 Å². The third kappa shape index (κ3) is 5.80. The molecule has 1 amide bonds. The first kappa shape index (κ1) is 16.3. The highest BCUT2D eigenvalue weighted by Crippen LogP contribution is 2.25. The number of sulfonamides is 1. The summed E-state index contributed by atoms with van der Waals surface area (Å²) in [5.41, 5.74) is -0.688. The number of rotatable bonds is 3. The Kier molecular flexibility index (Phi) is 5.24. The molecule has 19 heavy (non-hydrogen) atoms. The Morgan fingerprint density at radius 1 is 1.21 bits per heavy atom. The lowest BCUT2D eigenvalue weighted by molar-refractivity contribution is 0.0366. The maximum Gasteiger partial charge on any atom is 0.424 e. The minimum Gasteiger partial charge on any atom is -0.443 e. The van der Waals surface area contributed by atoms with E-state index in [1.165, 1.54) is 6.42 Å². The molecule has 1 rings (SSSR count). The lowest BCUT2D eigenvalue weighted by Gasteiger charge is -2.30. The van der Waals surface area contributed by atoms with Crippen molar-refractivity contribution in [2.45, 2.75) is 58.5 Å². The summed E-state index contributed by atoms with van der Waals surface area (Å²) in [6.07, 6.45) is 5.67. The van der Waals surface area contributed by atoms with Crippen LogP contribution in [0.5, 0.6) is 0 Å². The van der Waals surface area contributed by atoms with E-state index in [4.69, 9.17) is 4.74 Å². The van der Waals surface area contributed by atoms with E-state index in [-0.39, 0.29) is 12.5 Å². The molecule has 0 radical (unpaired) electrons. The average Bonchev–Trinajstić information content (AvgIpc) is 2.23. The second kappa shape index (κ2) is 6.11. The van der Waals surface area contributed by atoms with Crippen molar-refractivity contribution >= 4 is 16.1 Å². The molecule has 6 heteroatoms. The largest absolute Gasteiger partial charge is 0.443 e. The molecule has 0 heterocycles. The van der Waals surface area contributed by atoms with Crippen LogP contribution in [0.3, 0.4) is 0 Å². The van der Waals surface area contributed by atoms with Gasteiger partial charge in [-0.15, -0.1) is 0 Å². The Balaban J connectivity index is 2.75. The van der Waals surface area contributed by atoms with Crippen molar-refractivity contribution in [1.82, 2.24) is 4.31 Å². The zero-order chi connectivity index (χ0) is 14.7. The Morgan fingerprint density at radius 3 is 2.16 bits per heavy atom. The molecule has 0 aromatic carbocycles. The van der Waals surface area contributed by atoms with E-state index in [1.54, 1.807) is 20.8 Å². The number of ether oxygens (including phenoxy) is 1. The summed E-state index contributed by atoms with van der Waals surface area (Å²) in [5.74, 6) is 0.260. The topological polar surface area (TPSA) is 63.7 Å². The van der Waals surface area contributed by atoms with Crippen LogP contribution in [0.4, 0.5) is 4.79 Å². The molecule has 1 aliphatic carbocycles. The zero-order valence-corrected chi connectivity index (χ0v) is 13.1. The maximum absolute atomic E-state index is 12.0. The third-order valence-electron chi connectivity index (χ3n) is 3.15. The predicted octanol–water partition coefficient (Wildman–Crippen LogP) is 2.76. The van der Waals surface area contributed by atoms with E-state index in [9.17, 15) is 13.2 Å². The molecule has 5 nitrogen and oxygen atoms in total. The number of nitrogens with zero attached hydrogens (tertiary/aromatic N) is 1. The number of hydrogen-bond acceptors (Lipinski definition) is 4. The molecule has 1 aliphatic rings. The van der Waals surface area contributed by atoms with E-state index in [0.717, 1.165) is 36.2 Å². The van der Waals surface area contributed by atoms with Gasteiger partial charge in [0.1, 0.15) is 5.60 Å². The van der Waals surface area contributed by atoms with Crippen LogP contribution in [-0.2, 0) is 14.8 Å². The minimum absolute atomic E-state index is 0.244. The fraction of sp³-hybridized carbons (Fsp3) is 0.923. The Morgan fingerprint density at radius 2 is 1.74 bits per heavy atom. The molecule has 0 unspecified atom stereocenters. The molecular weight excluding hydrogens is 266 g/mol. The summed E-state index contributed by atoms with van der Waals surface area (Å²) < 4.78 is 29.6. The summed E-state index contributed by atoms with van der Waals surface area (Å²) in [6.45, 7) is 5.43. The lowest BCUT2D eigenvalue weighted by atomic mass is 9.89. The smallest absolute Gasteiger partial charge is 0.424 e. The molecule has 0 N–H and O–H groups in total. The zero-order valence-electron chi connectivity index (χ0n) is 12.3. The summed E-state index contributed by atoms with van der Waals surface area (Å²) in [4.78, 5) is 12.0. The predicted molar refractivity (Wildman–Crippen MR) is 74.4 cm³/mol. The van der Waals surface area contributed by atoms with Crippen molar-refractivity contribution in [3.8, 4) is 0 Å². The summed E-state index contributed by atoms with van der Waals surface area (Å²) in [7, 11) is -3.58. The van der Waals surface area contributed by atoms with Crippen LogP contribution in [0.2, 0.25) is 0 Å². The number of carbonyl (C=O) groups excluding carboxylic acids is 1. The number of amides is 1. The maximum atomic E-state index is 12.0. The quantitative estimate of drug-likeness (QED) is 0.802. The normalized spacial score (nSPS) is 18.1. The highest BCUT2D eigenvalue weighted by atomic mass is 32.2. The molecule has 0 bridgehead atoms. The van der Waals surface area contributed by atoms with Crippen LogP contribution < -0.4 is 0 Å². The summed E-state index contributed by atoms with van der Waals surface area (Å²) in [6, 6.07) is 0. The molecule has 112 valence electrons. The number of carbonyl (C=O) groups is 1. The van der Waals surface area contributed by atoms with Crippen LogP contribution >= 0.6 is 0 Å². The second-order valence-corrected chi connectivity index (χ2v) is 8.19. The van der Waals surface area contributed by atoms with Crippen LogP contribution in [0, 0.1) is 5.92 Å². The highest BCUT2D eigenvalue weighted by molar-refractivity contribution is 7.88. The monoisotopic (exact) mass is 291 g/mol. The van der Waals surface area contributed by atoms with Gasteiger partial charge in [0.15, 0.2) is 0 Å². The highest BCUT2D eigenvalue weighted by Gasteiger charge is 2.31. The van der Waals surface area contributed by atoms with Crippen molar-refractivity contribution in [3.05, 3.63) is 0 Å². The standard InChI is InChI=1S/C13H25NO4S/c1-13(2,3)18-12(15)14(19(4,16)17)10-11-8-6-5-7-9-11/h11H,5-10H2,1-4H3. The van der Waals surface area contributed by atoms with E-state index < -0.39 is 21.7 Å². The Labute approximate surface area is 116 Å². The van der Waals surface area contributed by atoms with Gasteiger partial charge < -0.3 is 4.74 Å². The van der Waals surface area contributed by atoms with E-state index in [2.05, 4.69) is 0 Å². The van der Waals surface area contributed by atoms with Crippen molar-refractivity contribution in [2.75, 3.05) is 12.8 Å². The summed E-state index contributed by atoms with van der Waals surface area (Å²) in [5, 5.41) is 0. The van der Waals surface area contributed by atoms with Gasteiger partial charge in [0.2, 0.25) is 10.0 Å². The van der Waals surface area contributed by atoms with E-state index >= 15 is 0 Å². The number of hydrogen-bond donors (Lipinski definition) is 0. The second-order valence-electron chi connectivity index (χ2n) is 6.28. The van der Waals surface area contributed by atoms with Gasteiger partial charge in [-0.05, 0) is 39.5 Å². The fourth-order valence-corrected chi connectivity index (χ4v) is 3.05. The van der Waals surface area contributed by atoms with E-state index in [1.807, 2.05) is 0 Å². The molecular formula is C13H25NO4S. The van der Waals surface area contributed by atoms with Gasteiger partial charge >= 0.3 is 6.09 Å². The Bertz CT molecular complexity index is 405. The van der Waals surface area contributed by atoms with Gasteiger partial charge in [-0.25, -0.2) is 17.5 Å². The van der Waals surface area contributed by atoms with Gasteiger partial charge in [-0.2, -0.15) is 0 Å². The SMILES string of the molecule is CC(C)(C)OC(=O)N(CC1CCCCC1)S(C)(=O)=O. The molecule has 0 aromatic rings. The lowest BCUT2D eigenvalue weighted by Crippen LogP contribution is -2.43. The van der Waals surface area contributed by atoms with Gasteiger partial charge in [-0.1, -0.05) is 19.3 Å². The molecule has 1 saturated carbocycles. The first-order chi connectivity index (χ1) is 8.59. The third-order valence-corrected chi connectivity index (χ3v) is 4.25. The van der Waals surface area contributed by atoms with Gasteiger partial charge in [0, 0.05) is 6.54 Å². The molecule has 0 atom stereocenters. The van der Waals surface area contributed by atoms with Crippen molar-refractivity contribution in [1.29, 1.82) is 0 Å². The molecule has 0 saturated heterocycles. The van der Waals surface area contributed by atoms with Crippen LogP contribution in [0.1, 0.15) is 52.9 Å². The van der Waals surface area contributed by atoms with Crippen molar-refractivity contribution in [2.24, 2.45) is 5.92 Å². The first-order valence-electron chi connectivity index (χ1n) is 6.80. The fourth-order valence-electron chi connectivity index (χ4n) is 2.26. The van der Waals surface area contributed by atoms with Crippen molar-refractivity contribution in [3.63, 3.8) is 0 Å². The van der Waals surface area contributed by atoms with Crippen molar-refractivity contribution < 1.29 is 17.9 Å². The average molecular weight is 291 g/mol. The van der Waals surface area contributed by atoms with Crippen LogP contribution in [0.25, 0.3) is 0 Å².